The number of ether oxygens (including phenoxy) is 3. The van der Waals surface area contributed by atoms with Gasteiger partial charge in [-0.1, -0.05) is 0 Å². The molecule has 0 radical (unpaired) electrons. The van der Waals surface area contributed by atoms with Gasteiger partial charge in [-0.2, -0.15) is 0 Å². The second kappa shape index (κ2) is 10.4. The van der Waals surface area contributed by atoms with Crippen molar-refractivity contribution < 1.29 is 23.8 Å². The molecule has 0 aliphatic heterocycles. The highest BCUT2D eigenvalue weighted by atomic mass is 32.1. The highest BCUT2D eigenvalue weighted by Gasteiger charge is 2.12. The summed E-state index contributed by atoms with van der Waals surface area (Å²) in [6.07, 6.45) is 0.118. The van der Waals surface area contributed by atoms with Gasteiger partial charge in [-0.3, -0.25) is 4.79 Å². The van der Waals surface area contributed by atoms with Gasteiger partial charge in [0.2, 0.25) is 5.91 Å². The Balaban J connectivity index is 1.59. The molecule has 2 N–H and O–H groups in total. The van der Waals surface area contributed by atoms with E-state index in [4.69, 9.17) is 14.2 Å². The number of carbonyl (C=O) groups is 2. The third-order valence-corrected chi connectivity index (χ3v) is 5.03. The standard InChI is InChI=1S/C22H23N3O5S/c1-4-30-21(27)14-5-7-15(8-6-14)23-20(26)11-16-13-31-22(24-16)25-18-12-17(28-2)9-10-19(18)29-3/h5-10,12-13H,4,11H2,1-3H3,(H,23,26)(H,24,25). The van der Waals surface area contributed by atoms with Crippen LogP contribution < -0.4 is 20.1 Å². The largest absolute Gasteiger partial charge is 0.497 e. The summed E-state index contributed by atoms with van der Waals surface area (Å²) < 4.78 is 15.6. The van der Waals surface area contributed by atoms with Crippen LogP contribution in [0.25, 0.3) is 0 Å². The Kier molecular flexibility index (Phi) is 7.45. The van der Waals surface area contributed by atoms with Crippen LogP contribution in [0, 0.1) is 0 Å². The molecule has 0 aliphatic carbocycles. The minimum absolute atomic E-state index is 0.118. The molecule has 1 amide bonds. The third kappa shape index (κ3) is 5.95. The molecular formula is C22H23N3O5S. The number of methoxy groups -OCH3 is 2. The number of amides is 1. The van der Waals surface area contributed by atoms with Crippen LogP contribution in [0.5, 0.6) is 11.5 Å². The maximum absolute atomic E-state index is 12.4. The number of nitrogens with zero attached hydrogens (tertiary/aromatic N) is 1. The molecule has 162 valence electrons. The molecular weight excluding hydrogens is 418 g/mol. The SMILES string of the molecule is CCOC(=O)c1ccc(NC(=O)Cc2csc(Nc3cc(OC)ccc3OC)n2)cc1. The van der Waals surface area contributed by atoms with Crippen LogP contribution in [0.3, 0.4) is 0 Å². The van der Waals surface area contributed by atoms with Crippen molar-refractivity contribution in [1.82, 2.24) is 4.98 Å². The Morgan fingerprint density at radius 2 is 1.84 bits per heavy atom. The Hall–Kier alpha value is -3.59. The average molecular weight is 442 g/mol. The predicted molar refractivity (Wildman–Crippen MR) is 120 cm³/mol. The number of rotatable bonds is 9. The topological polar surface area (TPSA) is 98.8 Å². The summed E-state index contributed by atoms with van der Waals surface area (Å²) in [6, 6.07) is 12.0. The van der Waals surface area contributed by atoms with Crippen molar-refractivity contribution in [1.29, 1.82) is 0 Å². The lowest BCUT2D eigenvalue weighted by molar-refractivity contribution is -0.115. The van der Waals surface area contributed by atoms with Gasteiger partial charge in [0.05, 0.1) is 44.2 Å². The van der Waals surface area contributed by atoms with Crippen LogP contribution in [-0.2, 0) is 16.0 Å². The fraction of sp³-hybridized carbons (Fsp3) is 0.227. The van der Waals surface area contributed by atoms with E-state index in [0.717, 1.165) is 0 Å². The highest BCUT2D eigenvalue weighted by Crippen LogP contribution is 2.32. The molecule has 2 aromatic carbocycles. The Bertz CT molecular complexity index is 1050. The molecule has 3 aromatic rings. The van der Waals surface area contributed by atoms with Gasteiger partial charge in [-0.25, -0.2) is 9.78 Å². The summed E-state index contributed by atoms with van der Waals surface area (Å²) in [5.74, 6) is 0.741. The maximum atomic E-state index is 12.4. The number of anilines is 3. The van der Waals surface area contributed by atoms with Gasteiger partial charge >= 0.3 is 5.97 Å². The van der Waals surface area contributed by atoms with E-state index in [2.05, 4.69) is 15.6 Å². The molecule has 0 aliphatic rings. The zero-order chi connectivity index (χ0) is 22.2. The summed E-state index contributed by atoms with van der Waals surface area (Å²) in [5, 5.41) is 8.44. The molecule has 0 unspecified atom stereocenters. The summed E-state index contributed by atoms with van der Waals surface area (Å²) in [7, 11) is 3.18. The average Bonchev–Trinajstić information content (AvgIpc) is 3.20. The van der Waals surface area contributed by atoms with Gasteiger partial charge in [0.15, 0.2) is 5.13 Å². The Morgan fingerprint density at radius 1 is 1.06 bits per heavy atom. The third-order valence-electron chi connectivity index (χ3n) is 4.22. The number of esters is 1. The maximum Gasteiger partial charge on any atom is 0.338 e. The molecule has 0 saturated heterocycles. The smallest absolute Gasteiger partial charge is 0.338 e. The van der Waals surface area contributed by atoms with E-state index in [1.165, 1.54) is 11.3 Å². The second-order valence-corrected chi connectivity index (χ2v) is 7.22. The first-order valence-electron chi connectivity index (χ1n) is 9.53. The molecule has 0 fully saturated rings. The van der Waals surface area contributed by atoms with Gasteiger partial charge < -0.3 is 24.8 Å². The van der Waals surface area contributed by atoms with Gasteiger partial charge in [-0.05, 0) is 43.3 Å². The fourth-order valence-corrected chi connectivity index (χ4v) is 3.47. The van der Waals surface area contributed by atoms with Gasteiger partial charge in [-0.15, -0.1) is 11.3 Å². The summed E-state index contributed by atoms with van der Waals surface area (Å²) in [6.45, 7) is 2.06. The second-order valence-electron chi connectivity index (χ2n) is 6.36. The van der Waals surface area contributed by atoms with Crippen LogP contribution in [0.1, 0.15) is 23.0 Å². The summed E-state index contributed by atoms with van der Waals surface area (Å²) >= 11 is 1.39. The molecule has 8 nitrogen and oxygen atoms in total. The number of nitrogens with one attached hydrogen (secondary N) is 2. The van der Waals surface area contributed by atoms with Crippen molar-refractivity contribution in [3.63, 3.8) is 0 Å². The number of benzene rings is 2. The van der Waals surface area contributed by atoms with E-state index < -0.39 is 5.97 Å². The van der Waals surface area contributed by atoms with Crippen molar-refractivity contribution in [3.8, 4) is 11.5 Å². The van der Waals surface area contributed by atoms with E-state index >= 15 is 0 Å². The van der Waals surface area contributed by atoms with Crippen LogP contribution >= 0.6 is 11.3 Å². The molecule has 0 atom stereocenters. The minimum atomic E-state index is -0.393. The first-order valence-corrected chi connectivity index (χ1v) is 10.4. The number of hydrogen-bond donors (Lipinski definition) is 2. The Labute approximate surface area is 184 Å². The zero-order valence-electron chi connectivity index (χ0n) is 17.4. The first-order chi connectivity index (χ1) is 15.0. The molecule has 3 rings (SSSR count). The lowest BCUT2D eigenvalue weighted by atomic mass is 10.2. The monoisotopic (exact) mass is 441 g/mol. The zero-order valence-corrected chi connectivity index (χ0v) is 18.2. The quantitative estimate of drug-likeness (QED) is 0.479. The van der Waals surface area contributed by atoms with Crippen LogP contribution in [0.4, 0.5) is 16.5 Å². The van der Waals surface area contributed by atoms with E-state index in [-0.39, 0.29) is 12.3 Å². The number of hydrogen-bond acceptors (Lipinski definition) is 8. The molecule has 1 heterocycles. The van der Waals surface area contributed by atoms with Crippen LogP contribution in [0.2, 0.25) is 0 Å². The van der Waals surface area contributed by atoms with Crippen molar-refractivity contribution in [2.45, 2.75) is 13.3 Å². The van der Waals surface area contributed by atoms with Crippen molar-refractivity contribution in [2.24, 2.45) is 0 Å². The van der Waals surface area contributed by atoms with Gasteiger partial charge in [0, 0.05) is 17.1 Å². The van der Waals surface area contributed by atoms with Crippen molar-refractivity contribution in [3.05, 3.63) is 59.1 Å². The van der Waals surface area contributed by atoms with Crippen molar-refractivity contribution in [2.75, 3.05) is 31.5 Å². The number of thiazole rings is 1. The minimum Gasteiger partial charge on any atom is -0.497 e. The van der Waals surface area contributed by atoms with Crippen molar-refractivity contribution >= 4 is 39.7 Å². The Morgan fingerprint density at radius 3 is 2.52 bits per heavy atom. The lowest BCUT2D eigenvalue weighted by Gasteiger charge is -2.10. The molecule has 1 aromatic heterocycles. The van der Waals surface area contributed by atoms with Crippen LogP contribution in [-0.4, -0.2) is 37.7 Å². The molecule has 0 spiro atoms. The molecule has 0 saturated carbocycles. The number of aromatic nitrogens is 1. The van der Waals surface area contributed by atoms with Gasteiger partial charge in [0.25, 0.3) is 0 Å². The normalized spacial score (nSPS) is 10.3. The van der Waals surface area contributed by atoms with E-state index in [1.807, 2.05) is 11.4 Å². The highest BCUT2D eigenvalue weighted by molar-refractivity contribution is 7.13. The summed E-state index contributed by atoms with van der Waals surface area (Å²) in [5.41, 5.74) is 2.37. The van der Waals surface area contributed by atoms with E-state index in [1.54, 1.807) is 57.5 Å². The summed E-state index contributed by atoms with van der Waals surface area (Å²) in [4.78, 5) is 28.5. The van der Waals surface area contributed by atoms with Crippen LogP contribution in [0.15, 0.2) is 47.8 Å². The predicted octanol–water partition coefficient (Wildman–Crippen LogP) is 4.26. The number of carbonyl (C=O) groups excluding carboxylic acids is 2. The lowest BCUT2D eigenvalue weighted by Crippen LogP contribution is -2.14. The molecule has 31 heavy (non-hydrogen) atoms. The van der Waals surface area contributed by atoms with Gasteiger partial charge in [0.1, 0.15) is 11.5 Å². The first kappa shape index (κ1) is 22.1. The van der Waals surface area contributed by atoms with E-state index in [0.29, 0.717) is 45.9 Å². The molecule has 0 bridgehead atoms. The molecule has 9 heteroatoms. The van der Waals surface area contributed by atoms with E-state index in [9.17, 15) is 9.59 Å². The fourth-order valence-electron chi connectivity index (χ4n) is 2.75.